The Hall–Kier alpha value is -4.59. The zero-order valence-corrected chi connectivity index (χ0v) is 20.3. The number of para-hydroxylation sites is 2. The Morgan fingerprint density at radius 3 is 2.50 bits per heavy atom. The lowest BCUT2D eigenvalue weighted by molar-refractivity contribution is -0.111. The number of amides is 2. The molecule has 0 aliphatic rings. The van der Waals surface area contributed by atoms with Gasteiger partial charge in [-0.05, 0) is 57.2 Å². The summed E-state index contributed by atoms with van der Waals surface area (Å²) in [4.78, 5) is 38.1. The number of ether oxygens (including phenoxy) is 1. The molecule has 2 heterocycles. The van der Waals surface area contributed by atoms with E-state index in [1.54, 1.807) is 69.4 Å². The van der Waals surface area contributed by atoms with Crippen molar-refractivity contribution in [3.05, 3.63) is 96.1 Å². The molecule has 0 unspecified atom stereocenters. The smallest absolute Gasteiger partial charge is 0.419 e. The highest BCUT2D eigenvalue weighted by Crippen LogP contribution is 2.24. The first-order valence-corrected chi connectivity index (χ1v) is 11.4. The number of furan rings is 1. The number of nitrogens with one attached hydrogen (secondary N) is 2. The Balaban J connectivity index is 1.50. The molecule has 0 bridgehead atoms. The van der Waals surface area contributed by atoms with Gasteiger partial charge in [-0.25, -0.2) is 4.79 Å². The van der Waals surface area contributed by atoms with Crippen LogP contribution >= 0.6 is 0 Å². The Bertz CT molecular complexity index is 1430. The van der Waals surface area contributed by atoms with Crippen LogP contribution in [0, 0.1) is 0 Å². The van der Waals surface area contributed by atoms with E-state index in [1.165, 1.54) is 16.9 Å². The molecule has 0 spiro atoms. The molecule has 0 saturated carbocycles. The van der Waals surface area contributed by atoms with Gasteiger partial charge in [-0.2, -0.15) is 0 Å². The lowest BCUT2D eigenvalue weighted by Crippen LogP contribution is -2.26. The van der Waals surface area contributed by atoms with E-state index < -0.39 is 17.6 Å². The van der Waals surface area contributed by atoms with E-state index >= 15 is 0 Å². The highest BCUT2D eigenvalue weighted by atomic mass is 16.6. The van der Waals surface area contributed by atoms with Gasteiger partial charge in [0.25, 0.3) is 5.91 Å². The third-order valence-corrected chi connectivity index (χ3v) is 5.18. The van der Waals surface area contributed by atoms with Crippen molar-refractivity contribution in [1.29, 1.82) is 0 Å². The van der Waals surface area contributed by atoms with Crippen molar-refractivity contribution in [1.82, 2.24) is 9.88 Å². The predicted octanol–water partition coefficient (Wildman–Crippen LogP) is 5.60. The molecule has 8 nitrogen and oxygen atoms in total. The zero-order valence-electron chi connectivity index (χ0n) is 20.3. The number of carbonyl (C=O) groups excluding carboxylic acids is 3. The van der Waals surface area contributed by atoms with E-state index in [2.05, 4.69) is 10.6 Å². The number of hydrogen-bond acceptors (Lipinski definition) is 5. The van der Waals surface area contributed by atoms with E-state index in [0.717, 1.165) is 5.39 Å². The van der Waals surface area contributed by atoms with Crippen molar-refractivity contribution in [2.24, 2.45) is 0 Å². The summed E-state index contributed by atoms with van der Waals surface area (Å²) in [7, 11) is 0. The normalized spacial score (nSPS) is 11.5. The molecule has 2 N–H and O–H groups in total. The minimum atomic E-state index is -0.643. The average Bonchev–Trinajstić information content (AvgIpc) is 3.49. The van der Waals surface area contributed by atoms with Crippen LogP contribution < -0.4 is 10.6 Å². The summed E-state index contributed by atoms with van der Waals surface area (Å²) in [5, 5.41) is 6.33. The molecule has 4 rings (SSSR count). The SMILES string of the molecule is CC(C)(C)OC(=O)n1cc(/C=C/C(=O)Nc2ccccc2C(=O)NCc2ccco2)c2ccccc21. The minimum absolute atomic E-state index is 0.232. The fraction of sp³-hybridized carbons (Fsp3) is 0.179. The molecule has 0 saturated heterocycles. The van der Waals surface area contributed by atoms with Gasteiger partial charge in [0.05, 0.1) is 29.6 Å². The van der Waals surface area contributed by atoms with E-state index in [1.807, 2.05) is 24.3 Å². The van der Waals surface area contributed by atoms with Gasteiger partial charge in [-0.15, -0.1) is 0 Å². The summed E-state index contributed by atoms with van der Waals surface area (Å²) in [5.41, 5.74) is 1.41. The van der Waals surface area contributed by atoms with Gasteiger partial charge >= 0.3 is 6.09 Å². The lowest BCUT2D eigenvalue weighted by atomic mass is 10.1. The maximum absolute atomic E-state index is 12.7. The van der Waals surface area contributed by atoms with Gasteiger partial charge in [0.1, 0.15) is 11.4 Å². The topological polar surface area (TPSA) is 103 Å². The highest BCUT2D eigenvalue weighted by Gasteiger charge is 2.20. The Morgan fingerprint density at radius 2 is 1.75 bits per heavy atom. The summed E-state index contributed by atoms with van der Waals surface area (Å²) in [6, 6.07) is 17.6. The molecule has 0 aliphatic carbocycles. The number of hydrogen-bond donors (Lipinski definition) is 2. The number of fused-ring (bicyclic) bond motifs is 1. The number of nitrogens with zero attached hydrogens (tertiary/aromatic N) is 1. The van der Waals surface area contributed by atoms with Crippen LogP contribution in [0.2, 0.25) is 0 Å². The third-order valence-electron chi connectivity index (χ3n) is 5.18. The van der Waals surface area contributed by atoms with Gasteiger partial charge < -0.3 is 19.8 Å². The number of rotatable bonds is 6. The van der Waals surface area contributed by atoms with Gasteiger partial charge in [0.2, 0.25) is 5.91 Å². The Morgan fingerprint density at radius 1 is 1.00 bits per heavy atom. The summed E-state index contributed by atoms with van der Waals surface area (Å²) in [6.45, 7) is 5.64. The van der Waals surface area contributed by atoms with E-state index in [-0.39, 0.29) is 12.5 Å². The summed E-state index contributed by atoms with van der Waals surface area (Å²) >= 11 is 0. The molecule has 8 heteroatoms. The molecule has 0 atom stereocenters. The minimum Gasteiger partial charge on any atom is -0.467 e. The van der Waals surface area contributed by atoms with E-state index in [0.29, 0.717) is 28.1 Å². The van der Waals surface area contributed by atoms with Crippen molar-refractivity contribution in [2.75, 3.05) is 5.32 Å². The van der Waals surface area contributed by atoms with Gasteiger partial charge in [-0.1, -0.05) is 30.3 Å². The molecular weight excluding hydrogens is 458 g/mol. The van der Waals surface area contributed by atoms with Gasteiger partial charge in [-0.3, -0.25) is 14.2 Å². The first-order valence-electron chi connectivity index (χ1n) is 11.4. The van der Waals surface area contributed by atoms with Crippen LogP contribution in [0.1, 0.15) is 42.5 Å². The highest BCUT2D eigenvalue weighted by molar-refractivity contribution is 6.08. The molecular formula is C28H27N3O5. The molecule has 2 aromatic carbocycles. The molecule has 0 fully saturated rings. The average molecular weight is 486 g/mol. The van der Waals surface area contributed by atoms with Crippen LogP contribution in [0.3, 0.4) is 0 Å². The summed E-state index contributed by atoms with van der Waals surface area (Å²) < 4.78 is 12.2. The molecule has 0 aliphatic heterocycles. The second-order valence-corrected chi connectivity index (χ2v) is 9.08. The largest absolute Gasteiger partial charge is 0.467 e. The van der Waals surface area contributed by atoms with Crippen molar-refractivity contribution >= 4 is 40.6 Å². The van der Waals surface area contributed by atoms with Crippen molar-refractivity contribution in [2.45, 2.75) is 32.9 Å². The Labute approximate surface area is 208 Å². The van der Waals surface area contributed by atoms with E-state index in [9.17, 15) is 14.4 Å². The maximum Gasteiger partial charge on any atom is 0.419 e. The van der Waals surface area contributed by atoms with Gasteiger partial charge in [0, 0.05) is 23.2 Å². The van der Waals surface area contributed by atoms with Crippen molar-refractivity contribution in [3.8, 4) is 0 Å². The van der Waals surface area contributed by atoms with Crippen LogP contribution in [0.4, 0.5) is 10.5 Å². The molecule has 2 aromatic heterocycles. The second-order valence-electron chi connectivity index (χ2n) is 9.08. The first-order chi connectivity index (χ1) is 17.2. The Kier molecular flexibility index (Phi) is 7.05. The van der Waals surface area contributed by atoms with Crippen LogP contribution in [-0.4, -0.2) is 28.1 Å². The predicted molar refractivity (Wildman–Crippen MR) is 138 cm³/mol. The number of carbonyl (C=O) groups is 3. The maximum atomic E-state index is 12.7. The zero-order chi connectivity index (χ0) is 25.7. The molecule has 36 heavy (non-hydrogen) atoms. The standard InChI is InChI=1S/C28H27N3O5/c1-28(2,3)36-27(34)31-18-19(21-10-5-7-13-24(21)31)14-15-25(32)30-23-12-6-4-11-22(23)26(33)29-17-20-9-8-16-35-20/h4-16,18H,17H2,1-3H3,(H,29,33)(H,30,32)/b15-14+. The number of benzene rings is 2. The molecule has 4 aromatic rings. The molecule has 184 valence electrons. The van der Waals surface area contributed by atoms with E-state index in [4.69, 9.17) is 9.15 Å². The first kappa shape index (κ1) is 24.5. The van der Waals surface area contributed by atoms with Crippen molar-refractivity contribution < 1.29 is 23.5 Å². The monoisotopic (exact) mass is 485 g/mol. The van der Waals surface area contributed by atoms with Crippen molar-refractivity contribution in [3.63, 3.8) is 0 Å². The lowest BCUT2D eigenvalue weighted by Gasteiger charge is -2.19. The third kappa shape index (κ3) is 5.90. The molecule has 0 radical (unpaired) electrons. The quantitative estimate of drug-likeness (QED) is 0.346. The summed E-state index contributed by atoms with van der Waals surface area (Å²) in [5.74, 6) is -0.138. The van der Waals surface area contributed by atoms with Crippen LogP contribution in [0.5, 0.6) is 0 Å². The number of anilines is 1. The second kappa shape index (κ2) is 10.4. The van der Waals surface area contributed by atoms with Crippen LogP contribution in [0.15, 0.2) is 83.6 Å². The fourth-order valence-electron chi connectivity index (χ4n) is 3.61. The summed E-state index contributed by atoms with van der Waals surface area (Å²) in [6.07, 6.45) is 5.65. The van der Waals surface area contributed by atoms with Crippen LogP contribution in [0.25, 0.3) is 17.0 Å². The number of aromatic nitrogens is 1. The van der Waals surface area contributed by atoms with Crippen LogP contribution in [-0.2, 0) is 16.1 Å². The van der Waals surface area contributed by atoms with Gasteiger partial charge in [0.15, 0.2) is 0 Å². The molecule has 2 amide bonds. The fourth-order valence-corrected chi connectivity index (χ4v) is 3.61.